The molecule has 1 atom stereocenters. The van der Waals surface area contributed by atoms with Gasteiger partial charge >= 0.3 is 6.03 Å². The fourth-order valence-corrected chi connectivity index (χ4v) is 3.14. The van der Waals surface area contributed by atoms with E-state index >= 15 is 0 Å². The summed E-state index contributed by atoms with van der Waals surface area (Å²) in [5.74, 6) is 0. The molecule has 1 fully saturated rings. The Bertz CT molecular complexity index is 773. The molecule has 0 saturated carbocycles. The molecule has 0 aromatic heterocycles. The number of piperazine rings is 1. The Morgan fingerprint density at radius 2 is 1.65 bits per heavy atom. The number of nitro benzene ring substituents is 1. The second kappa shape index (κ2) is 7.86. The van der Waals surface area contributed by atoms with Crippen molar-refractivity contribution in [3.05, 3.63) is 70.3 Å². The molecule has 7 nitrogen and oxygen atoms in total. The molecular formula is C19H22N4O3. The van der Waals surface area contributed by atoms with E-state index in [1.165, 1.54) is 6.07 Å². The Balaban J connectivity index is 1.58. The van der Waals surface area contributed by atoms with Gasteiger partial charge in [0.05, 0.1) is 11.0 Å². The molecule has 1 aliphatic heterocycles. The van der Waals surface area contributed by atoms with Crippen molar-refractivity contribution in [3.63, 3.8) is 0 Å². The largest absolute Gasteiger partial charge is 0.362 e. The van der Waals surface area contributed by atoms with Gasteiger partial charge in [-0.3, -0.25) is 10.1 Å². The molecule has 2 aromatic carbocycles. The van der Waals surface area contributed by atoms with Crippen LogP contribution in [0.2, 0.25) is 0 Å². The smallest absolute Gasteiger partial charge is 0.317 e. The molecule has 2 amide bonds. The SMILES string of the molecule is CC(NC(=O)N1CCN(c2ccccc2[N+](=O)[O-])CC1)c1ccccc1. The van der Waals surface area contributed by atoms with E-state index in [-0.39, 0.29) is 22.7 Å². The van der Waals surface area contributed by atoms with Crippen LogP contribution >= 0.6 is 0 Å². The normalized spacial score (nSPS) is 15.4. The highest BCUT2D eigenvalue weighted by atomic mass is 16.6. The van der Waals surface area contributed by atoms with Crippen LogP contribution in [-0.2, 0) is 0 Å². The lowest BCUT2D eigenvalue weighted by Crippen LogP contribution is -2.52. The number of benzene rings is 2. The standard InChI is InChI=1S/C19H22N4O3/c1-15(16-7-3-2-4-8-16)20-19(24)22-13-11-21(12-14-22)17-9-5-6-10-18(17)23(25)26/h2-10,15H,11-14H2,1H3,(H,20,24). The number of para-hydroxylation sites is 2. The van der Waals surface area contributed by atoms with Crippen LogP contribution < -0.4 is 10.2 Å². The molecule has 0 bridgehead atoms. The molecule has 26 heavy (non-hydrogen) atoms. The fraction of sp³-hybridized carbons (Fsp3) is 0.316. The van der Waals surface area contributed by atoms with E-state index < -0.39 is 0 Å². The lowest BCUT2D eigenvalue weighted by Gasteiger charge is -2.36. The summed E-state index contributed by atoms with van der Waals surface area (Å²) in [6.07, 6.45) is 0. The summed E-state index contributed by atoms with van der Waals surface area (Å²) >= 11 is 0. The van der Waals surface area contributed by atoms with Gasteiger partial charge < -0.3 is 15.1 Å². The van der Waals surface area contributed by atoms with Crippen molar-refractivity contribution in [1.29, 1.82) is 0 Å². The third-order valence-corrected chi connectivity index (χ3v) is 4.63. The van der Waals surface area contributed by atoms with Gasteiger partial charge in [0, 0.05) is 32.2 Å². The second-order valence-electron chi connectivity index (χ2n) is 6.30. The number of nitro groups is 1. The van der Waals surface area contributed by atoms with Crippen molar-refractivity contribution in [2.24, 2.45) is 0 Å². The highest BCUT2D eigenvalue weighted by Gasteiger charge is 2.26. The molecule has 1 heterocycles. The van der Waals surface area contributed by atoms with E-state index in [0.29, 0.717) is 31.9 Å². The number of rotatable bonds is 4. The number of nitrogens with one attached hydrogen (secondary N) is 1. The van der Waals surface area contributed by atoms with Crippen LogP contribution in [0.3, 0.4) is 0 Å². The first-order valence-corrected chi connectivity index (χ1v) is 8.65. The molecule has 3 rings (SSSR count). The van der Waals surface area contributed by atoms with E-state index in [4.69, 9.17) is 0 Å². The average molecular weight is 354 g/mol. The number of carbonyl (C=O) groups excluding carboxylic acids is 1. The summed E-state index contributed by atoms with van der Waals surface area (Å²) in [6.45, 7) is 4.14. The summed E-state index contributed by atoms with van der Waals surface area (Å²) in [4.78, 5) is 27.0. The summed E-state index contributed by atoms with van der Waals surface area (Å²) in [6, 6.07) is 16.4. The zero-order valence-corrected chi connectivity index (χ0v) is 14.7. The molecule has 1 saturated heterocycles. The molecular weight excluding hydrogens is 332 g/mol. The van der Waals surface area contributed by atoms with Crippen molar-refractivity contribution < 1.29 is 9.72 Å². The van der Waals surface area contributed by atoms with Gasteiger partial charge in [-0.15, -0.1) is 0 Å². The third-order valence-electron chi connectivity index (χ3n) is 4.63. The first kappa shape index (κ1) is 17.7. The Hall–Kier alpha value is -3.09. The molecule has 136 valence electrons. The first-order valence-electron chi connectivity index (χ1n) is 8.65. The van der Waals surface area contributed by atoms with E-state index in [1.54, 1.807) is 23.1 Å². The Morgan fingerprint density at radius 1 is 1.04 bits per heavy atom. The van der Waals surface area contributed by atoms with Crippen LogP contribution in [0.25, 0.3) is 0 Å². The number of hydrogen-bond acceptors (Lipinski definition) is 4. The van der Waals surface area contributed by atoms with Crippen molar-refractivity contribution in [2.45, 2.75) is 13.0 Å². The molecule has 1 aliphatic rings. The van der Waals surface area contributed by atoms with Gasteiger partial charge in [-0.05, 0) is 18.6 Å². The van der Waals surface area contributed by atoms with Crippen molar-refractivity contribution >= 4 is 17.4 Å². The van der Waals surface area contributed by atoms with Gasteiger partial charge in [0.25, 0.3) is 5.69 Å². The predicted octanol–water partition coefficient (Wildman–Crippen LogP) is 3.19. The highest BCUT2D eigenvalue weighted by Crippen LogP contribution is 2.28. The number of urea groups is 1. The van der Waals surface area contributed by atoms with Crippen LogP contribution in [-0.4, -0.2) is 42.0 Å². The quantitative estimate of drug-likeness (QED) is 0.675. The van der Waals surface area contributed by atoms with Crippen molar-refractivity contribution in [1.82, 2.24) is 10.2 Å². The van der Waals surface area contributed by atoms with Crippen molar-refractivity contribution in [3.8, 4) is 0 Å². The molecule has 2 aromatic rings. The molecule has 1 unspecified atom stereocenters. The van der Waals surface area contributed by atoms with Crippen LogP contribution in [0.15, 0.2) is 54.6 Å². The zero-order valence-electron chi connectivity index (χ0n) is 14.7. The van der Waals surface area contributed by atoms with E-state index in [9.17, 15) is 14.9 Å². The topological polar surface area (TPSA) is 78.7 Å². The minimum absolute atomic E-state index is 0.0723. The van der Waals surface area contributed by atoms with Crippen LogP contribution in [0.1, 0.15) is 18.5 Å². The van der Waals surface area contributed by atoms with Crippen LogP contribution in [0.5, 0.6) is 0 Å². The summed E-state index contributed by atoms with van der Waals surface area (Å²) in [7, 11) is 0. The van der Waals surface area contributed by atoms with E-state index in [2.05, 4.69) is 5.32 Å². The minimum Gasteiger partial charge on any atom is -0.362 e. The molecule has 0 radical (unpaired) electrons. The van der Waals surface area contributed by atoms with Gasteiger partial charge in [0.2, 0.25) is 0 Å². The third kappa shape index (κ3) is 3.93. The molecule has 0 spiro atoms. The molecule has 7 heteroatoms. The molecule has 0 aliphatic carbocycles. The van der Waals surface area contributed by atoms with E-state index in [0.717, 1.165) is 5.56 Å². The summed E-state index contributed by atoms with van der Waals surface area (Å²) < 4.78 is 0. The van der Waals surface area contributed by atoms with Gasteiger partial charge in [-0.1, -0.05) is 42.5 Å². The monoisotopic (exact) mass is 354 g/mol. The highest BCUT2D eigenvalue weighted by molar-refractivity contribution is 5.75. The Labute approximate surface area is 152 Å². The van der Waals surface area contributed by atoms with E-state index in [1.807, 2.05) is 42.2 Å². The van der Waals surface area contributed by atoms with Crippen molar-refractivity contribution in [2.75, 3.05) is 31.1 Å². The van der Waals surface area contributed by atoms with Gasteiger partial charge in [0.15, 0.2) is 0 Å². The number of amides is 2. The fourth-order valence-electron chi connectivity index (χ4n) is 3.14. The summed E-state index contributed by atoms with van der Waals surface area (Å²) in [5, 5.41) is 14.2. The maximum atomic E-state index is 12.5. The molecule has 1 N–H and O–H groups in total. The van der Waals surface area contributed by atoms with Crippen LogP contribution in [0.4, 0.5) is 16.2 Å². The number of hydrogen-bond donors (Lipinski definition) is 1. The number of nitrogens with zero attached hydrogens (tertiary/aromatic N) is 3. The lowest BCUT2D eigenvalue weighted by atomic mass is 10.1. The Morgan fingerprint density at radius 3 is 2.31 bits per heavy atom. The maximum Gasteiger partial charge on any atom is 0.317 e. The lowest BCUT2D eigenvalue weighted by molar-refractivity contribution is -0.384. The average Bonchev–Trinajstić information content (AvgIpc) is 2.68. The predicted molar refractivity (Wildman–Crippen MR) is 100 cm³/mol. The van der Waals surface area contributed by atoms with Gasteiger partial charge in [-0.2, -0.15) is 0 Å². The second-order valence-corrected chi connectivity index (χ2v) is 6.30. The minimum atomic E-state index is -0.365. The van der Waals surface area contributed by atoms with Gasteiger partial charge in [-0.25, -0.2) is 4.79 Å². The number of anilines is 1. The van der Waals surface area contributed by atoms with Crippen LogP contribution in [0, 0.1) is 10.1 Å². The maximum absolute atomic E-state index is 12.5. The Kier molecular flexibility index (Phi) is 5.36. The number of carbonyl (C=O) groups is 1. The zero-order chi connectivity index (χ0) is 18.5. The first-order chi connectivity index (χ1) is 12.6. The van der Waals surface area contributed by atoms with Gasteiger partial charge in [0.1, 0.15) is 5.69 Å². The summed E-state index contributed by atoms with van der Waals surface area (Å²) in [5.41, 5.74) is 1.76.